The number of anilines is 1. The first-order chi connectivity index (χ1) is 8.33. The second kappa shape index (κ2) is 4.06. The molecule has 0 saturated carbocycles. The summed E-state index contributed by atoms with van der Waals surface area (Å²) in [6.07, 6.45) is 6.77. The quantitative estimate of drug-likeness (QED) is 0.673. The number of rotatable bonds is 2. The van der Waals surface area contributed by atoms with Gasteiger partial charge in [0, 0.05) is 28.4 Å². The lowest BCUT2D eigenvalue weighted by Crippen LogP contribution is -1.89. The van der Waals surface area contributed by atoms with E-state index >= 15 is 0 Å². The molecule has 0 aliphatic rings. The van der Waals surface area contributed by atoms with Crippen LogP contribution in [0.4, 0.5) is 5.69 Å². The van der Waals surface area contributed by atoms with E-state index in [1.807, 2.05) is 12.1 Å². The van der Waals surface area contributed by atoms with Crippen molar-refractivity contribution in [1.82, 2.24) is 20.2 Å². The second-order valence-corrected chi connectivity index (χ2v) is 4.56. The minimum absolute atomic E-state index is 0.717. The molecule has 5 nitrogen and oxygen atoms in total. The number of aromatic nitrogens is 4. The van der Waals surface area contributed by atoms with Crippen molar-refractivity contribution in [2.45, 2.75) is 9.92 Å². The Morgan fingerprint density at radius 1 is 1.18 bits per heavy atom. The van der Waals surface area contributed by atoms with Gasteiger partial charge >= 0.3 is 0 Å². The lowest BCUT2D eigenvalue weighted by molar-refractivity contribution is 1.05. The second-order valence-electron chi connectivity index (χ2n) is 3.49. The molecule has 84 valence electrons. The summed E-state index contributed by atoms with van der Waals surface area (Å²) >= 11 is 1.49. The van der Waals surface area contributed by atoms with Crippen molar-refractivity contribution in [3.05, 3.63) is 36.9 Å². The van der Waals surface area contributed by atoms with Crippen molar-refractivity contribution < 1.29 is 0 Å². The zero-order chi connectivity index (χ0) is 11.7. The molecule has 3 aromatic rings. The zero-order valence-electron chi connectivity index (χ0n) is 8.79. The Hall–Kier alpha value is -2.08. The molecule has 3 rings (SSSR count). The lowest BCUT2D eigenvalue weighted by Gasteiger charge is -2.04. The number of fused-ring (bicyclic) bond motifs is 1. The molecule has 0 radical (unpaired) electrons. The van der Waals surface area contributed by atoms with Crippen molar-refractivity contribution in [3.8, 4) is 0 Å². The van der Waals surface area contributed by atoms with E-state index in [9.17, 15) is 0 Å². The van der Waals surface area contributed by atoms with Crippen LogP contribution in [0.5, 0.6) is 0 Å². The molecule has 17 heavy (non-hydrogen) atoms. The predicted molar refractivity (Wildman–Crippen MR) is 66.7 cm³/mol. The summed E-state index contributed by atoms with van der Waals surface area (Å²) in [6, 6.07) is 3.87. The highest BCUT2D eigenvalue weighted by Crippen LogP contribution is 2.32. The monoisotopic (exact) mass is 243 g/mol. The highest BCUT2D eigenvalue weighted by Gasteiger charge is 2.06. The number of hydrogen-bond donors (Lipinski definition) is 2. The van der Waals surface area contributed by atoms with Crippen LogP contribution in [0.2, 0.25) is 0 Å². The average Bonchev–Trinajstić information content (AvgIpc) is 2.78. The van der Waals surface area contributed by atoms with Crippen molar-refractivity contribution in [3.63, 3.8) is 0 Å². The van der Waals surface area contributed by atoms with Gasteiger partial charge in [-0.05, 0) is 12.1 Å². The van der Waals surface area contributed by atoms with Crippen LogP contribution in [-0.4, -0.2) is 20.2 Å². The third-order valence-electron chi connectivity index (χ3n) is 2.32. The van der Waals surface area contributed by atoms with Crippen molar-refractivity contribution in [1.29, 1.82) is 0 Å². The van der Waals surface area contributed by atoms with Crippen molar-refractivity contribution in [2.24, 2.45) is 0 Å². The van der Waals surface area contributed by atoms with Gasteiger partial charge in [0.25, 0.3) is 0 Å². The van der Waals surface area contributed by atoms with Crippen LogP contribution in [-0.2, 0) is 0 Å². The normalized spacial score (nSPS) is 10.8. The van der Waals surface area contributed by atoms with Crippen LogP contribution in [0.25, 0.3) is 10.9 Å². The lowest BCUT2D eigenvalue weighted by atomic mass is 10.2. The minimum atomic E-state index is 0.717. The molecular formula is C11H9N5S. The Labute approximate surface area is 101 Å². The summed E-state index contributed by atoms with van der Waals surface area (Å²) in [5.74, 6) is 0. The van der Waals surface area contributed by atoms with Crippen LogP contribution in [0.3, 0.4) is 0 Å². The fourth-order valence-electron chi connectivity index (χ4n) is 1.53. The molecule has 0 saturated heterocycles. The number of nitrogens with two attached hydrogens (primary N) is 1. The predicted octanol–water partition coefficient (Wildman–Crippen LogP) is 2.09. The van der Waals surface area contributed by atoms with E-state index in [-0.39, 0.29) is 0 Å². The molecular weight excluding hydrogens is 234 g/mol. The van der Waals surface area contributed by atoms with Crippen LogP contribution in [0.1, 0.15) is 0 Å². The van der Waals surface area contributed by atoms with E-state index in [1.165, 1.54) is 11.8 Å². The maximum absolute atomic E-state index is 5.98. The number of nitrogen functional groups attached to an aromatic ring is 1. The molecule has 3 N–H and O–H groups in total. The Balaban J connectivity index is 2.02. The average molecular weight is 243 g/mol. The van der Waals surface area contributed by atoms with Gasteiger partial charge in [0.1, 0.15) is 5.03 Å². The fourth-order valence-corrected chi connectivity index (χ4v) is 2.33. The summed E-state index contributed by atoms with van der Waals surface area (Å²) in [5.41, 5.74) is 7.66. The molecule has 0 atom stereocenters. The molecule has 0 aliphatic heterocycles. The molecule has 0 spiro atoms. The van der Waals surface area contributed by atoms with Gasteiger partial charge in [0.05, 0.1) is 17.9 Å². The maximum Gasteiger partial charge on any atom is 0.119 e. The summed E-state index contributed by atoms with van der Waals surface area (Å²) in [7, 11) is 0. The van der Waals surface area contributed by atoms with Crippen LogP contribution in [0, 0.1) is 0 Å². The largest absolute Gasteiger partial charge is 0.398 e. The van der Waals surface area contributed by atoms with Gasteiger partial charge in [-0.1, -0.05) is 11.8 Å². The number of nitrogens with one attached hydrogen (secondary N) is 1. The molecule has 0 fully saturated rings. The van der Waals surface area contributed by atoms with E-state index in [2.05, 4.69) is 20.2 Å². The third kappa shape index (κ3) is 1.94. The van der Waals surface area contributed by atoms with E-state index in [4.69, 9.17) is 5.73 Å². The molecule has 2 heterocycles. The third-order valence-corrected chi connectivity index (χ3v) is 3.32. The summed E-state index contributed by atoms with van der Waals surface area (Å²) in [6.45, 7) is 0. The van der Waals surface area contributed by atoms with Gasteiger partial charge in [0.2, 0.25) is 0 Å². The van der Waals surface area contributed by atoms with Crippen molar-refractivity contribution in [2.75, 3.05) is 5.73 Å². The summed E-state index contributed by atoms with van der Waals surface area (Å²) in [4.78, 5) is 9.17. The SMILES string of the molecule is Nc1cc2cn[nH]c2cc1Sc1cnccn1. The van der Waals surface area contributed by atoms with Crippen LogP contribution in [0.15, 0.2) is 46.8 Å². The molecule has 0 amide bonds. The van der Waals surface area contributed by atoms with E-state index in [0.29, 0.717) is 0 Å². The Morgan fingerprint density at radius 2 is 2.12 bits per heavy atom. The van der Waals surface area contributed by atoms with Crippen LogP contribution >= 0.6 is 11.8 Å². The van der Waals surface area contributed by atoms with Crippen molar-refractivity contribution >= 4 is 28.4 Å². The van der Waals surface area contributed by atoms with Gasteiger partial charge in [-0.2, -0.15) is 5.10 Å². The summed E-state index contributed by atoms with van der Waals surface area (Å²) in [5, 5.41) is 8.71. The molecule has 6 heteroatoms. The maximum atomic E-state index is 5.98. The van der Waals surface area contributed by atoms with Gasteiger partial charge in [-0.15, -0.1) is 0 Å². The van der Waals surface area contributed by atoms with E-state index in [0.717, 1.165) is 26.5 Å². The minimum Gasteiger partial charge on any atom is -0.398 e. The first-order valence-corrected chi connectivity index (χ1v) is 5.81. The van der Waals surface area contributed by atoms with Crippen LogP contribution < -0.4 is 5.73 Å². The van der Waals surface area contributed by atoms with Gasteiger partial charge in [-0.3, -0.25) is 10.1 Å². The molecule has 0 bridgehead atoms. The van der Waals surface area contributed by atoms with E-state index in [1.54, 1.807) is 24.8 Å². The van der Waals surface area contributed by atoms with E-state index < -0.39 is 0 Å². The van der Waals surface area contributed by atoms with Gasteiger partial charge in [-0.25, -0.2) is 4.98 Å². The number of hydrogen-bond acceptors (Lipinski definition) is 5. The first kappa shape index (κ1) is 10.1. The molecule has 2 aromatic heterocycles. The Kier molecular flexibility index (Phi) is 2.41. The fraction of sp³-hybridized carbons (Fsp3) is 0. The Morgan fingerprint density at radius 3 is 2.94 bits per heavy atom. The highest BCUT2D eigenvalue weighted by molar-refractivity contribution is 7.99. The number of H-pyrrole nitrogens is 1. The molecule has 0 aliphatic carbocycles. The smallest absolute Gasteiger partial charge is 0.119 e. The number of aromatic amines is 1. The number of benzene rings is 1. The standard InChI is InChI=1S/C11H9N5S/c12-8-3-7-5-15-16-9(7)4-10(8)17-11-6-13-1-2-14-11/h1-6H,12H2,(H,15,16). The highest BCUT2D eigenvalue weighted by atomic mass is 32.2. The topological polar surface area (TPSA) is 80.5 Å². The van der Waals surface area contributed by atoms with Gasteiger partial charge < -0.3 is 5.73 Å². The molecule has 1 aromatic carbocycles. The van der Waals surface area contributed by atoms with Gasteiger partial charge in [0.15, 0.2) is 0 Å². The molecule has 0 unspecified atom stereocenters. The number of nitrogens with zero attached hydrogens (tertiary/aromatic N) is 3. The Bertz CT molecular complexity index is 649. The summed E-state index contributed by atoms with van der Waals surface area (Å²) < 4.78 is 0. The zero-order valence-corrected chi connectivity index (χ0v) is 9.61. The first-order valence-electron chi connectivity index (χ1n) is 4.99.